The number of carbonyl (C=O) groups excluding carboxylic acids is 2. The van der Waals surface area contributed by atoms with Gasteiger partial charge >= 0.3 is 11.9 Å². The Morgan fingerprint density at radius 1 is 0.941 bits per heavy atom. The van der Waals surface area contributed by atoms with E-state index in [1.165, 1.54) is 0 Å². The highest BCUT2D eigenvalue weighted by Gasteiger charge is 2.22. The fourth-order valence-corrected chi connectivity index (χ4v) is 1.69. The first-order valence-corrected chi connectivity index (χ1v) is 6.23. The van der Waals surface area contributed by atoms with Crippen LogP contribution >= 0.6 is 0 Å². The van der Waals surface area contributed by atoms with Crippen molar-refractivity contribution >= 4 is 11.9 Å². The number of ether oxygens (including phenoxy) is 2. The zero-order valence-corrected chi connectivity index (χ0v) is 11.5. The summed E-state index contributed by atoms with van der Waals surface area (Å²) in [6.07, 6.45) is 0.0920. The van der Waals surface area contributed by atoms with Crippen LogP contribution in [0.2, 0.25) is 0 Å². The van der Waals surface area contributed by atoms with Crippen molar-refractivity contribution in [3.8, 4) is 0 Å². The van der Waals surface area contributed by atoms with Gasteiger partial charge in [-0.2, -0.15) is 0 Å². The molecule has 100 valence electrons. The maximum absolute atomic E-state index is 11.5. The minimum atomic E-state index is -0.352. The third-order valence-electron chi connectivity index (χ3n) is 2.42. The average molecular weight is 244 g/mol. The summed E-state index contributed by atoms with van der Waals surface area (Å²) in [7, 11) is 0. The summed E-state index contributed by atoms with van der Waals surface area (Å²) >= 11 is 0. The zero-order valence-electron chi connectivity index (χ0n) is 11.5. The van der Waals surface area contributed by atoms with Crippen LogP contribution in [-0.2, 0) is 19.1 Å². The molecule has 0 aliphatic heterocycles. The molecule has 0 saturated carbocycles. The van der Waals surface area contributed by atoms with E-state index in [-0.39, 0.29) is 42.7 Å². The molecule has 0 amide bonds. The third kappa shape index (κ3) is 6.97. The molecule has 0 bridgehead atoms. The van der Waals surface area contributed by atoms with Crippen molar-refractivity contribution in [1.29, 1.82) is 0 Å². The van der Waals surface area contributed by atoms with Crippen molar-refractivity contribution in [3.63, 3.8) is 0 Å². The zero-order chi connectivity index (χ0) is 13.4. The number of rotatable bonds is 7. The molecule has 0 aromatic rings. The summed E-state index contributed by atoms with van der Waals surface area (Å²) in [5.41, 5.74) is 0. The smallest absolute Gasteiger partial charge is 0.306 e. The van der Waals surface area contributed by atoms with Gasteiger partial charge in [0, 0.05) is 0 Å². The van der Waals surface area contributed by atoms with E-state index in [1.807, 2.05) is 27.7 Å². The van der Waals surface area contributed by atoms with Crippen molar-refractivity contribution in [3.05, 3.63) is 0 Å². The highest BCUT2D eigenvalue weighted by atomic mass is 16.5. The molecule has 0 aromatic heterocycles. The molecule has 0 saturated heterocycles. The van der Waals surface area contributed by atoms with E-state index in [1.54, 1.807) is 6.92 Å². The first-order chi connectivity index (χ1) is 7.88. The van der Waals surface area contributed by atoms with Crippen LogP contribution in [0.1, 0.15) is 47.5 Å². The number of carbonyl (C=O) groups is 2. The number of hydrogen-bond donors (Lipinski definition) is 0. The van der Waals surface area contributed by atoms with Crippen LogP contribution in [0.15, 0.2) is 0 Å². The van der Waals surface area contributed by atoms with Crippen molar-refractivity contribution in [1.82, 2.24) is 0 Å². The second kappa shape index (κ2) is 8.09. The molecule has 0 aliphatic rings. The summed E-state index contributed by atoms with van der Waals surface area (Å²) in [6.45, 7) is 10.2. The van der Waals surface area contributed by atoms with E-state index in [0.717, 1.165) is 0 Å². The summed E-state index contributed by atoms with van der Waals surface area (Å²) in [4.78, 5) is 22.6. The molecule has 0 unspecified atom stereocenters. The molecule has 0 spiro atoms. The van der Waals surface area contributed by atoms with E-state index in [2.05, 4.69) is 0 Å². The predicted octanol–water partition coefficient (Wildman–Crippen LogP) is 2.55. The van der Waals surface area contributed by atoms with Crippen LogP contribution in [0.5, 0.6) is 0 Å². The Kier molecular flexibility index (Phi) is 7.59. The van der Waals surface area contributed by atoms with E-state index in [9.17, 15) is 9.59 Å². The summed E-state index contributed by atoms with van der Waals surface area (Å²) < 4.78 is 10.1. The van der Waals surface area contributed by atoms with Gasteiger partial charge in [0.2, 0.25) is 0 Å². The van der Waals surface area contributed by atoms with E-state index in [4.69, 9.17) is 9.47 Å². The SMILES string of the molecule is CCOC(=O)CCC(=O)OC(C(C)C)C(C)C. The predicted molar refractivity (Wildman–Crippen MR) is 65.4 cm³/mol. The van der Waals surface area contributed by atoms with Gasteiger partial charge in [0.1, 0.15) is 6.10 Å². The summed E-state index contributed by atoms with van der Waals surface area (Å²) in [5, 5.41) is 0. The fraction of sp³-hybridized carbons (Fsp3) is 0.846. The molecule has 17 heavy (non-hydrogen) atoms. The maximum atomic E-state index is 11.5. The highest BCUT2D eigenvalue weighted by molar-refractivity contribution is 5.77. The van der Waals surface area contributed by atoms with Crippen molar-refractivity contribution < 1.29 is 19.1 Å². The van der Waals surface area contributed by atoms with Gasteiger partial charge in [-0.15, -0.1) is 0 Å². The van der Waals surface area contributed by atoms with Crippen LogP contribution in [0.4, 0.5) is 0 Å². The molecule has 0 atom stereocenters. The Bertz CT molecular complexity index is 238. The van der Waals surface area contributed by atoms with Gasteiger partial charge < -0.3 is 9.47 Å². The summed E-state index contributed by atoms with van der Waals surface area (Å²) in [6, 6.07) is 0. The lowest BCUT2D eigenvalue weighted by molar-refractivity contribution is -0.157. The van der Waals surface area contributed by atoms with Crippen molar-refractivity contribution in [2.45, 2.75) is 53.6 Å². The standard InChI is InChI=1S/C13H24O4/c1-6-16-11(14)7-8-12(15)17-13(9(2)3)10(4)5/h9-10,13H,6-8H2,1-5H3. The van der Waals surface area contributed by atoms with Crippen LogP contribution in [0.25, 0.3) is 0 Å². The van der Waals surface area contributed by atoms with Gasteiger partial charge in [0.05, 0.1) is 19.4 Å². The first kappa shape index (κ1) is 15.9. The molecule has 0 heterocycles. The number of hydrogen-bond acceptors (Lipinski definition) is 4. The molecule has 4 heteroatoms. The Balaban J connectivity index is 4.03. The van der Waals surface area contributed by atoms with Crippen molar-refractivity contribution in [2.75, 3.05) is 6.61 Å². The van der Waals surface area contributed by atoms with Gasteiger partial charge in [-0.05, 0) is 18.8 Å². The van der Waals surface area contributed by atoms with Crippen LogP contribution in [0, 0.1) is 11.8 Å². The van der Waals surface area contributed by atoms with E-state index >= 15 is 0 Å². The van der Waals surface area contributed by atoms with E-state index < -0.39 is 0 Å². The lowest BCUT2D eigenvalue weighted by atomic mass is 9.96. The molecule has 0 radical (unpaired) electrons. The normalized spacial score (nSPS) is 11.1. The molecular formula is C13H24O4. The first-order valence-electron chi connectivity index (χ1n) is 6.23. The van der Waals surface area contributed by atoms with Gasteiger partial charge in [0.15, 0.2) is 0 Å². The largest absolute Gasteiger partial charge is 0.466 e. The molecule has 4 nitrogen and oxygen atoms in total. The van der Waals surface area contributed by atoms with Gasteiger partial charge in [-0.3, -0.25) is 9.59 Å². The average Bonchev–Trinajstić information content (AvgIpc) is 2.22. The topological polar surface area (TPSA) is 52.6 Å². The quantitative estimate of drug-likeness (QED) is 0.646. The Morgan fingerprint density at radius 3 is 1.82 bits per heavy atom. The Labute approximate surface area is 104 Å². The maximum Gasteiger partial charge on any atom is 0.306 e. The van der Waals surface area contributed by atoms with E-state index in [0.29, 0.717) is 6.61 Å². The lowest BCUT2D eigenvalue weighted by Gasteiger charge is -2.24. The second-order valence-electron chi connectivity index (χ2n) is 4.75. The van der Waals surface area contributed by atoms with Crippen LogP contribution in [-0.4, -0.2) is 24.6 Å². The minimum absolute atomic E-state index is 0.0920. The molecule has 0 fully saturated rings. The monoisotopic (exact) mass is 244 g/mol. The van der Waals surface area contributed by atoms with Crippen molar-refractivity contribution in [2.24, 2.45) is 11.8 Å². The third-order valence-corrected chi connectivity index (χ3v) is 2.42. The fourth-order valence-electron chi connectivity index (χ4n) is 1.69. The Hall–Kier alpha value is -1.06. The molecule has 0 aliphatic carbocycles. The van der Waals surface area contributed by atoms with Gasteiger partial charge in [-0.1, -0.05) is 27.7 Å². The van der Waals surface area contributed by atoms with Gasteiger partial charge in [-0.25, -0.2) is 0 Å². The lowest BCUT2D eigenvalue weighted by Crippen LogP contribution is -2.29. The van der Waals surface area contributed by atoms with Crippen LogP contribution in [0.3, 0.4) is 0 Å². The minimum Gasteiger partial charge on any atom is -0.466 e. The molecule has 0 rings (SSSR count). The van der Waals surface area contributed by atoms with Crippen LogP contribution < -0.4 is 0 Å². The highest BCUT2D eigenvalue weighted by Crippen LogP contribution is 2.17. The van der Waals surface area contributed by atoms with Gasteiger partial charge in [0.25, 0.3) is 0 Å². The Morgan fingerprint density at radius 2 is 1.41 bits per heavy atom. The number of esters is 2. The molecule has 0 N–H and O–H groups in total. The summed E-state index contributed by atoms with van der Waals surface area (Å²) in [5.74, 6) is -0.122. The molecule has 0 aromatic carbocycles. The molecular weight excluding hydrogens is 220 g/mol. The second-order valence-corrected chi connectivity index (χ2v) is 4.75.